The van der Waals surface area contributed by atoms with Crippen molar-refractivity contribution in [2.75, 3.05) is 0 Å². The molecular weight excluding hydrogens is 216 g/mol. The zero-order chi connectivity index (χ0) is 12.2. The van der Waals surface area contributed by atoms with Crippen molar-refractivity contribution in [1.29, 1.82) is 0 Å². The first-order chi connectivity index (χ1) is 6.82. The van der Waals surface area contributed by atoms with E-state index >= 15 is 0 Å². The van der Waals surface area contributed by atoms with Crippen LogP contribution in [-0.2, 0) is 14.4 Å². The van der Waals surface area contributed by atoms with Gasteiger partial charge in [-0.2, -0.15) is 0 Å². The number of Topliss-reactive ketones (excluding diaryl/α,β-unsaturated/α-hetero) is 1. The predicted octanol–water partition coefficient (Wildman–Crippen LogP) is 2.06. The van der Waals surface area contributed by atoms with E-state index in [2.05, 4.69) is 0 Å². The van der Waals surface area contributed by atoms with Gasteiger partial charge in [0.1, 0.15) is 12.1 Å². The molecule has 4 unspecified atom stereocenters. The van der Waals surface area contributed by atoms with Crippen molar-refractivity contribution in [2.24, 2.45) is 23.7 Å². The molecule has 0 aliphatic heterocycles. The molecule has 0 N–H and O–H groups in total. The van der Waals surface area contributed by atoms with Crippen molar-refractivity contribution in [2.45, 2.75) is 27.7 Å². The number of carbonyl (C=O) groups is 3. The van der Waals surface area contributed by atoms with Gasteiger partial charge in [-0.15, -0.1) is 0 Å². The summed E-state index contributed by atoms with van der Waals surface area (Å²) >= 11 is 5.32. The maximum atomic E-state index is 11.8. The van der Waals surface area contributed by atoms with Gasteiger partial charge in [-0.25, -0.2) is 0 Å². The van der Waals surface area contributed by atoms with Gasteiger partial charge in [-0.1, -0.05) is 27.7 Å². The SMILES string of the molecule is CC(C=O)C(C)C(=O)C(C)C(C)C(=O)Cl. The minimum Gasteiger partial charge on any atom is -0.303 e. The highest BCUT2D eigenvalue weighted by molar-refractivity contribution is 6.64. The maximum Gasteiger partial charge on any atom is 0.225 e. The first-order valence-corrected chi connectivity index (χ1v) is 5.39. The summed E-state index contributed by atoms with van der Waals surface area (Å²) in [7, 11) is 0. The number of halogens is 1. The predicted molar refractivity (Wildman–Crippen MR) is 58.6 cm³/mol. The summed E-state index contributed by atoms with van der Waals surface area (Å²) in [5, 5.41) is -0.512. The lowest BCUT2D eigenvalue weighted by molar-refractivity contribution is -0.133. The molecule has 0 bridgehead atoms. The number of hydrogen-bond donors (Lipinski definition) is 0. The monoisotopic (exact) mass is 232 g/mol. The van der Waals surface area contributed by atoms with E-state index in [4.69, 9.17) is 11.6 Å². The Morgan fingerprint density at radius 2 is 1.47 bits per heavy atom. The molecule has 0 radical (unpaired) electrons. The van der Waals surface area contributed by atoms with Crippen molar-refractivity contribution in [3.8, 4) is 0 Å². The highest BCUT2D eigenvalue weighted by Gasteiger charge is 2.30. The van der Waals surface area contributed by atoms with Crippen LogP contribution >= 0.6 is 11.6 Å². The normalized spacial score (nSPS) is 18.7. The molecule has 0 aromatic carbocycles. The van der Waals surface area contributed by atoms with E-state index in [1.54, 1.807) is 27.7 Å². The molecule has 0 amide bonds. The molecule has 0 saturated heterocycles. The van der Waals surface area contributed by atoms with Crippen LogP contribution in [0.5, 0.6) is 0 Å². The molecular formula is C11H17ClO3. The van der Waals surface area contributed by atoms with Crippen LogP contribution in [0.25, 0.3) is 0 Å². The zero-order valence-corrected chi connectivity index (χ0v) is 10.2. The topological polar surface area (TPSA) is 51.2 Å². The Morgan fingerprint density at radius 1 is 1.00 bits per heavy atom. The van der Waals surface area contributed by atoms with Crippen LogP contribution in [0.15, 0.2) is 0 Å². The van der Waals surface area contributed by atoms with E-state index in [1.165, 1.54) is 0 Å². The summed E-state index contributed by atoms with van der Waals surface area (Å²) in [5.41, 5.74) is 0. The fraction of sp³-hybridized carbons (Fsp3) is 0.727. The maximum absolute atomic E-state index is 11.8. The van der Waals surface area contributed by atoms with Gasteiger partial charge in [0, 0.05) is 23.7 Å². The highest BCUT2D eigenvalue weighted by atomic mass is 35.5. The van der Waals surface area contributed by atoms with Crippen LogP contribution in [0.4, 0.5) is 0 Å². The lowest BCUT2D eigenvalue weighted by atomic mass is 9.82. The Bertz CT molecular complexity index is 263. The molecule has 0 aliphatic carbocycles. The molecule has 0 rings (SSSR count). The molecule has 0 fully saturated rings. The Morgan fingerprint density at radius 3 is 1.80 bits per heavy atom. The van der Waals surface area contributed by atoms with Gasteiger partial charge in [0.2, 0.25) is 5.24 Å². The van der Waals surface area contributed by atoms with Crippen LogP contribution in [0, 0.1) is 23.7 Å². The Kier molecular flexibility index (Phi) is 5.73. The van der Waals surface area contributed by atoms with Gasteiger partial charge in [0.25, 0.3) is 0 Å². The molecule has 0 heterocycles. The van der Waals surface area contributed by atoms with Crippen LogP contribution < -0.4 is 0 Å². The van der Waals surface area contributed by atoms with Crippen molar-refractivity contribution < 1.29 is 14.4 Å². The molecule has 0 spiro atoms. The molecule has 86 valence electrons. The van der Waals surface area contributed by atoms with Crippen LogP contribution in [0.1, 0.15) is 27.7 Å². The molecule has 0 aromatic rings. The van der Waals surface area contributed by atoms with Gasteiger partial charge >= 0.3 is 0 Å². The average molecular weight is 233 g/mol. The second kappa shape index (κ2) is 6.01. The lowest BCUT2D eigenvalue weighted by Crippen LogP contribution is -2.31. The third-order valence-electron chi connectivity index (χ3n) is 3.01. The van der Waals surface area contributed by atoms with Gasteiger partial charge in [-0.3, -0.25) is 9.59 Å². The first-order valence-electron chi connectivity index (χ1n) is 5.01. The second-order valence-electron chi connectivity index (χ2n) is 4.07. The minimum absolute atomic E-state index is 0.0869. The highest BCUT2D eigenvalue weighted by Crippen LogP contribution is 2.22. The van der Waals surface area contributed by atoms with E-state index in [9.17, 15) is 14.4 Å². The van der Waals surface area contributed by atoms with Crippen LogP contribution in [0.3, 0.4) is 0 Å². The number of carbonyl (C=O) groups excluding carboxylic acids is 3. The lowest BCUT2D eigenvalue weighted by Gasteiger charge is -2.21. The average Bonchev–Trinajstić information content (AvgIpc) is 2.23. The molecule has 3 nitrogen and oxygen atoms in total. The molecule has 15 heavy (non-hydrogen) atoms. The first kappa shape index (κ1) is 14.3. The molecule has 0 aliphatic rings. The molecule has 0 saturated carbocycles. The number of rotatable bonds is 6. The number of aldehydes is 1. The van der Waals surface area contributed by atoms with E-state index in [-0.39, 0.29) is 17.6 Å². The third-order valence-corrected chi connectivity index (χ3v) is 3.35. The molecule has 0 aromatic heterocycles. The quantitative estimate of drug-likeness (QED) is 0.520. The molecule has 4 atom stereocenters. The standard InChI is InChI=1S/C11H17ClO3/c1-6(5-13)7(2)10(14)8(3)9(4)11(12)15/h5-9H,1-4H3. The summed E-state index contributed by atoms with van der Waals surface area (Å²) in [6.45, 7) is 6.68. The smallest absolute Gasteiger partial charge is 0.225 e. The largest absolute Gasteiger partial charge is 0.303 e. The van der Waals surface area contributed by atoms with Gasteiger partial charge in [0.15, 0.2) is 0 Å². The van der Waals surface area contributed by atoms with E-state index < -0.39 is 17.1 Å². The van der Waals surface area contributed by atoms with E-state index in [1.807, 2.05) is 0 Å². The Labute approximate surface area is 95.2 Å². The van der Waals surface area contributed by atoms with Crippen molar-refractivity contribution in [1.82, 2.24) is 0 Å². The van der Waals surface area contributed by atoms with Gasteiger partial charge in [-0.05, 0) is 11.6 Å². The third kappa shape index (κ3) is 3.74. The summed E-state index contributed by atoms with van der Waals surface area (Å²) in [6, 6.07) is 0. The summed E-state index contributed by atoms with van der Waals surface area (Å²) < 4.78 is 0. The number of hydrogen-bond acceptors (Lipinski definition) is 3. The minimum atomic E-state index is -0.512. The van der Waals surface area contributed by atoms with Crippen LogP contribution in [-0.4, -0.2) is 17.3 Å². The van der Waals surface area contributed by atoms with Crippen molar-refractivity contribution >= 4 is 28.9 Å². The van der Waals surface area contributed by atoms with Crippen LogP contribution in [0.2, 0.25) is 0 Å². The summed E-state index contributed by atoms with van der Waals surface area (Å²) in [4.78, 5) is 33.2. The Balaban J connectivity index is 4.57. The Hall–Kier alpha value is -0.700. The molecule has 4 heteroatoms. The summed E-state index contributed by atoms with van der Waals surface area (Å²) in [6.07, 6.45) is 0.752. The van der Waals surface area contributed by atoms with Crippen molar-refractivity contribution in [3.05, 3.63) is 0 Å². The number of ketones is 1. The fourth-order valence-corrected chi connectivity index (χ4v) is 1.42. The second-order valence-corrected chi connectivity index (χ2v) is 4.44. The zero-order valence-electron chi connectivity index (χ0n) is 9.49. The van der Waals surface area contributed by atoms with Gasteiger partial charge < -0.3 is 4.79 Å². The van der Waals surface area contributed by atoms with E-state index in [0.717, 1.165) is 6.29 Å². The summed E-state index contributed by atoms with van der Waals surface area (Å²) in [5.74, 6) is -1.71. The fourth-order valence-electron chi connectivity index (χ4n) is 1.23. The van der Waals surface area contributed by atoms with Crippen molar-refractivity contribution in [3.63, 3.8) is 0 Å². The van der Waals surface area contributed by atoms with Gasteiger partial charge in [0.05, 0.1) is 0 Å². The van der Waals surface area contributed by atoms with E-state index in [0.29, 0.717) is 0 Å².